The molecule has 1 atom stereocenters. The average Bonchev–Trinajstić information content (AvgIpc) is 3.58. The Balaban J connectivity index is 1.64. The van der Waals surface area contributed by atoms with Crippen LogP contribution in [0, 0.1) is 11.8 Å². The van der Waals surface area contributed by atoms with Crippen LogP contribution >= 0.6 is 11.3 Å². The molecule has 0 aliphatic carbocycles. The van der Waals surface area contributed by atoms with Crippen LogP contribution in [0.5, 0.6) is 0 Å². The Hall–Kier alpha value is -3.09. The standard InChI is InChI=1S/C26H30N6O4S2/c1-13(2)16-12-38(33,34)23-20(18-11-15-5-8-29-24(27)22(15)37-18)19(25-31-32-26(28)36-25)17(30-21(16)23)4-3-14-6-9-35-10-7-14/h5,8,11,13-14,16H,3-4,6-7,9-10,12H2,1-2H3,(H2,27,29)(H2,28,32). The topological polar surface area (TPSA) is 160 Å². The number of nitrogen functional groups attached to an aromatic ring is 2. The number of ether oxygens (including phenoxy) is 1. The highest BCUT2D eigenvalue weighted by Crippen LogP contribution is 2.50. The van der Waals surface area contributed by atoms with E-state index in [9.17, 15) is 8.42 Å². The minimum absolute atomic E-state index is 0.0173. The van der Waals surface area contributed by atoms with Crippen molar-refractivity contribution in [2.45, 2.75) is 50.3 Å². The van der Waals surface area contributed by atoms with Gasteiger partial charge < -0.3 is 20.6 Å². The molecule has 4 aromatic heterocycles. The van der Waals surface area contributed by atoms with Gasteiger partial charge >= 0.3 is 6.01 Å². The van der Waals surface area contributed by atoms with E-state index in [1.54, 1.807) is 6.20 Å². The maximum atomic E-state index is 13.8. The van der Waals surface area contributed by atoms with E-state index in [2.05, 4.69) is 15.2 Å². The van der Waals surface area contributed by atoms with Crippen molar-refractivity contribution in [2.75, 3.05) is 30.4 Å². The van der Waals surface area contributed by atoms with E-state index in [0.29, 0.717) is 35.0 Å². The lowest BCUT2D eigenvalue weighted by molar-refractivity contribution is 0.0639. The first-order valence-electron chi connectivity index (χ1n) is 12.8. The molecule has 200 valence electrons. The number of aryl methyl sites for hydroxylation is 1. The van der Waals surface area contributed by atoms with Gasteiger partial charge in [-0.15, -0.1) is 16.4 Å². The third-order valence-corrected chi connectivity index (χ3v) is 10.6. The van der Waals surface area contributed by atoms with Gasteiger partial charge in [-0.3, -0.25) is 4.98 Å². The minimum Gasteiger partial charge on any atom is -0.403 e. The van der Waals surface area contributed by atoms with E-state index in [-0.39, 0.29) is 34.4 Å². The molecule has 1 unspecified atom stereocenters. The van der Waals surface area contributed by atoms with Crippen LogP contribution in [0.1, 0.15) is 50.4 Å². The second kappa shape index (κ2) is 9.58. The van der Waals surface area contributed by atoms with Crippen LogP contribution < -0.4 is 11.5 Å². The molecule has 0 radical (unpaired) electrons. The van der Waals surface area contributed by atoms with Crippen LogP contribution in [0.2, 0.25) is 0 Å². The van der Waals surface area contributed by atoms with Crippen LogP contribution in [0.4, 0.5) is 11.8 Å². The number of rotatable bonds is 6. The molecular weight excluding hydrogens is 524 g/mol. The number of hydrogen-bond acceptors (Lipinski definition) is 11. The summed E-state index contributed by atoms with van der Waals surface area (Å²) in [5.41, 5.74) is 14.5. The summed E-state index contributed by atoms with van der Waals surface area (Å²) in [7, 11) is -3.64. The Kier molecular flexibility index (Phi) is 6.36. The molecule has 0 spiro atoms. The summed E-state index contributed by atoms with van der Waals surface area (Å²) in [4.78, 5) is 10.3. The number of fused-ring (bicyclic) bond motifs is 2. The van der Waals surface area contributed by atoms with Crippen molar-refractivity contribution in [3.63, 3.8) is 0 Å². The molecule has 12 heteroatoms. The smallest absolute Gasteiger partial charge is 0.313 e. The number of hydrogen-bond donors (Lipinski definition) is 2. The van der Waals surface area contributed by atoms with Gasteiger partial charge in [-0.2, -0.15) is 0 Å². The first-order chi connectivity index (χ1) is 18.2. The van der Waals surface area contributed by atoms with E-state index in [4.69, 9.17) is 25.6 Å². The number of thiophene rings is 1. The lowest BCUT2D eigenvalue weighted by Crippen LogP contribution is -2.17. The zero-order valence-corrected chi connectivity index (χ0v) is 22.9. The summed E-state index contributed by atoms with van der Waals surface area (Å²) >= 11 is 1.41. The number of aromatic nitrogens is 4. The van der Waals surface area contributed by atoms with E-state index in [1.807, 2.05) is 26.0 Å². The summed E-state index contributed by atoms with van der Waals surface area (Å²) in [5.74, 6) is 0.976. The van der Waals surface area contributed by atoms with E-state index < -0.39 is 9.84 Å². The third kappa shape index (κ3) is 4.34. The summed E-state index contributed by atoms with van der Waals surface area (Å²) in [6, 6.07) is 3.74. The molecule has 1 saturated heterocycles. The number of sulfone groups is 1. The Morgan fingerprint density at radius 1 is 1.16 bits per heavy atom. The summed E-state index contributed by atoms with van der Waals surface area (Å²) in [6.07, 6.45) is 5.17. The van der Waals surface area contributed by atoms with Gasteiger partial charge in [0, 0.05) is 35.8 Å². The van der Waals surface area contributed by atoms with Crippen LogP contribution in [0.3, 0.4) is 0 Å². The van der Waals surface area contributed by atoms with Gasteiger partial charge in [0.1, 0.15) is 5.82 Å². The Morgan fingerprint density at radius 2 is 1.95 bits per heavy atom. The van der Waals surface area contributed by atoms with Crippen LogP contribution in [-0.2, 0) is 21.0 Å². The number of nitrogens with zero attached hydrogens (tertiary/aromatic N) is 4. The Labute approximate surface area is 224 Å². The predicted octanol–water partition coefficient (Wildman–Crippen LogP) is 4.46. The molecule has 6 rings (SSSR count). The molecule has 0 bridgehead atoms. The molecule has 10 nitrogen and oxygen atoms in total. The maximum Gasteiger partial charge on any atom is 0.313 e. The second-order valence-corrected chi connectivity index (χ2v) is 13.4. The van der Waals surface area contributed by atoms with Crippen molar-refractivity contribution >= 4 is 43.1 Å². The van der Waals surface area contributed by atoms with Gasteiger partial charge in [-0.1, -0.05) is 18.9 Å². The van der Waals surface area contributed by atoms with Gasteiger partial charge in [0.15, 0.2) is 9.84 Å². The first-order valence-corrected chi connectivity index (χ1v) is 15.3. The minimum atomic E-state index is -3.64. The highest BCUT2D eigenvalue weighted by Gasteiger charge is 2.43. The molecule has 4 aromatic rings. The second-order valence-electron chi connectivity index (χ2n) is 10.4. The molecule has 0 saturated carbocycles. The molecule has 6 heterocycles. The SMILES string of the molecule is CC(C)C1CS(=O)(=O)c2c1nc(CCC1CCOCC1)c(-c1nnc(N)o1)c2-c1cc2ccnc(N)c2s1. The van der Waals surface area contributed by atoms with Crippen LogP contribution in [0.25, 0.3) is 32.0 Å². The zero-order chi connectivity index (χ0) is 26.6. The number of nitrogens with two attached hydrogens (primary N) is 2. The quantitative estimate of drug-likeness (QED) is 0.348. The fourth-order valence-electron chi connectivity index (χ4n) is 5.58. The molecule has 1 fully saturated rings. The number of pyridine rings is 2. The van der Waals surface area contributed by atoms with E-state index in [0.717, 1.165) is 53.1 Å². The Bertz CT molecular complexity index is 1620. The lowest BCUT2D eigenvalue weighted by atomic mass is 9.89. The number of anilines is 2. The molecule has 2 aliphatic rings. The lowest BCUT2D eigenvalue weighted by Gasteiger charge is -2.23. The molecule has 0 aromatic carbocycles. The van der Waals surface area contributed by atoms with Gasteiger partial charge in [-0.25, -0.2) is 13.4 Å². The zero-order valence-electron chi connectivity index (χ0n) is 21.3. The molecule has 0 amide bonds. The van der Waals surface area contributed by atoms with E-state index in [1.165, 1.54) is 11.3 Å². The normalized spacial score (nSPS) is 19.4. The van der Waals surface area contributed by atoms with Crippen molar-refractivity contribution in [1.29, 1.82) is 0 Å². The van der Waals surface area contributed by atoms with Crippen molar-refractivity contribution in [2.24, 2.45) is 11.8 Å². The van der Waals surface area contributed by atoms with Crippen molar-refractivity contribution in [3.05, 3.63) is 29.7 Å². The summed E-state index contributed by atoms with van der Waals surface area (Å²) in [5, 5.41) is 8.97. The molecule has 4 N–H and O–H groups in total. The van der Waals surface area contributed by atoms with Gasteiger partial charge in [-0.05, 0) is 55.0 Å². The molecule has 38 heavy (non-hydrogen) atoms. The summed E-state index contributed by atoms with van der Waals surface area (Å²) in [6.45, 7) is 5.59. The maximum absolute atomic E-state index is 13.8. The largest absolute Gasteiger partial charge is 0.403 e. The van der Waals surface area contributed by atoms with Crippen molar-refractivity contribution < 1.29 is 17.6 Å². The van der Waals surface area contributed by atoms with Gasteiger partial charge in [0.05, 0.1) is 32.3 Å². The van der Waals surface area contributed by atoms with Crippen molar-refractivity contribution in [1.82, 2.24) is 20.2 Å². The van der Waals surface area contributed by atoms with E-state index >= 15 is 0 Å². The highest BCUT2D eigenvalue weighted by molar-refractivity contribution is 7.92. The predicted molar refractivity (Wildman–Crippen MR) is 146 cm³/mol. The fourth-order valence-corrected chi connectivity index (χ4v) is 8.98. The monoisotopic (exact) mass is 554 g/mol. The molecular formula is C26H30N6O4S2. The molecule has 2 aliphatic heterocycles. The highest BCUT2D eigenvalue weighted by atomic mass is 32.2. The van der Waals surface area contributed by atoms with Gasteiger partial charge in [0.25, 0.3) is 5.89 Å². The van der Waals surface area contributed by atoms with Crippen LogP contribution in [0.15, 0.2) is 27.6 Å². The average molecular weight is 555 g/mol. The summed E-state index contributed by atoms with van der Waals surface area (Å²) < 4.78 is 39.6. The first kappa shape index (κ1) is 25.2. The van der Waals surface area contributed by atoms with Gasteiger partial charge in [0.2, 0.25) is 0 Å². The Morgan fingerprint density at radius 3 is 2.63 bits per heavy atom. The fraction of sp³-hybridized carbons (Fsp3) is 0.462. The third-order valence-electron chi connectivity index (χ3n) is 7.61. The van der Waals surface area contributed by atoms with Crippen LogP contribution in [-0.4, -0.2) is 47.5 Å². The van der Waals surface area contributed by atoms with Crippen molar-refractivity contribution in [3.8, 4) is 21.9 Å².